The molecule has 0 saturated heterocycles. The van der Waals surface area contributed by atoms with Gasteiger partial charge in [-0.3, -0.25) is 0 Å². The summed E-state index contributed by atoms with van der Waals surface area (Å²) in [7, 11) is 1.52. The number of methoxy groups -OCH3 is 1. The maximum atomic E-state index is 10.4. The SMILES string of the molecule is COc1cc(C(O)C(CO)Oc2ccccc2)ccc1OI. The molecule has 2 aromatic rings. The van der Waals surface area contributed by atoms with Gasteiger partial charge in [-0.1, -0.05) is 24.3 Å². The number of para-hydroxylation sites is 1. The van der Waals surface area contributed by atoms with Crippen LogP contribution in [-0.4, -0.2) is 30.0 Å². The molecule has 0 aliphatic carbocycles. The van der Waals surface area contributed by atoms with Gasteiger partial charge in [-0.25, -0.2) is 0 Å². The van der Waals surface area contributed by atoms with Crippen molar-refractivity contribution in [1.29, 1.82) is 0 Å². The monoisotopic (exact) mass is 416 g/mol. The van der Waals surface area contributed by atoms with Gasteiger partial charge in [0.05, 0.1) is 13.7 Å². The van der Waals surface area contributed by atoms with Crippen LogP contribution in [0.5, 0.6) is 17.2 Å². The standard InChI is InChI=1S/C16H17IO5/c1-20-14-9-11(7-8-13(14)22-17)16(19)15(10-18)21-12-5-3-2-4-6-12/h2-9,15-16,18-19H,10H2,1H3. The molecule has 0 amide bonds. The largest absolute Gasteiger partial charge is 0.493 e. The molecule has 2 aromatic carbocycles. The number of hydrogen-bond donors (Lipinski definition) is 2. The normalized spacial score (nSPS) is 13.3. The molecule has 0 saturated carbocycles. The van der Waals surface area contributed by atoms with Crippen molar-refractivity contribution in [3.8, 4) is 17.2 Å². The highest BCUT2D eigenvalue weighted by molar-refractivity contribution is 14.1. The van der Waals surface area contributed by atoms with Gasteiger partial charge in [0.1, 0.15) is 11.9 Å². The first-order valence-corrected chi connectivity index (χ1v) is 7.54. The molecule has 22 heavy (non-hydrogen) atoms. The van der Waals surface area contributed by atoms with E-state index in [-0.39, 0.29) is 6.61 Å². The fraction of sp³-hybridized carbons (Fsp3) is 0.250. The lowest BCUT2D eigenvalue weighted by Crippen LogP contribution is -2.29. The zero-order valence-corrected chi connectivity index (χ0v) is 14.1. The van der Waals surface area contributed by atoms with E-state index in [0.29, 0.717) is 22.8 Å². The van der Waals surface area contributed by atoms with E-state index in [1.54, 1.807) is 53.3 Å². The molecule has 118 valence electrons. The van der Waals surface area contributed by atoms with Crippen molar-refractivity contribution in [2.75, 3.05) is 13.7 Å². The van der Waals surface area contributed by atoms with Gasteiger partial charge in [-0.2, -0.15) is 0 Å². The zero-order chi connectivity index (χ0) is 15.9. The summed E-state index contributed by atoms with van der Waals surface area (Å²) in [5.74, 6) is 1.64. The van der Waals surface area contributed by atoms with Crippen LogP contribution in [0.4, 0.5) is 0 Å². The second kappa shape index (κ2) is 8.21. The summed E-state index contributed by atoms with van der Waals surface area (Å²) >= 11 is 1.76. The second-order valence-corrected chi connectivity index (χ2v) is 5.02. The number of rotatable bonds is 7. The Hall–Kier alpha value is -1.51. The minimum absolute atomic E-state index is 0.317. The lowest BCUT2D eigenvalue weighted by molar-refractivity contribution is 0.000679. The van der Waals surface area contributed by atoms with E-state index >= 15 is 0 Å². The summed E-state index contributed by atoms with van der Waals surface area (Å²) < 4.78 is 16.0. The third kappa shape index (κ3) is 4.02. The third-order valence-corrected chi connectivity index (χ3v) is 3.65. The minimum Gasteiger partial charge on any atom is -0.493 e. The molecule has 2 rings (SSSR count). The Morgan fingerprint density at radius 1 is 1.09 bits per heavy atom. The highest BCUT2D eigenvalue weighted by atomic mass is 127. The van der Waals surface area contributed by atoms with Crippen LogP contribution in [0.15, 0.2) is 48.5 Å². The van der Waals surface area contributed by atoms with E-state index in [4.69, 9.17) is 12.5 Å². The van der Waals surface area contributed by atoms with E-state index in [0.717, 1.165) is 0 Å². The lowest BCUT2D eigenvalue weighted by Gasteiger charge is -2.23. The fourth-order valence-corrected chi connectivity index (χ4v) is 2.39. The summed E-state index contributed by atoms with van der Waals surface area (Å²) in [4.78, 5) is 0. The topological polar surface area (TPSA) is 68.2 Å². The third-order valence-electron chi connectivity index (χ3n) is 3.18. The summed E-state index contributed by atoms with van der Waals surface area (Å²) in [5, 5.41) is 19.9. The van der Waals surface area contributed by atoms with Crippen LogP contribution >= 0.6 is 23.0 Å². The molecule has 2 atom stereocenters. The predicted molar refractivity (Wildman–Crippen MR) is 90.5 cm³/mol. The van der Waals surface area contributed by atoms with Crippen molar-refractivity contribution >= 4 is 23.0 Å². The van der Waals surface area contributed by atoms with E-state index in [1.807, 2.05) is 18.2 Å². The van der Waals surface area contributed by atoms with Crippen LogP contribution in [-0.2, 0) is 0 Å². The predicted octanol–water partition coefficient (Wildman–Crippen LogP) is 2.90. The molecular formula is C16H17IO5. The zero-order valence-electron chi connectivity index (χ0n) is 12.0. The van der Waals surface area contributed by atoms with Gasteiger partial charge in [0.25, 0.3) is 0 Å². The molecule has 2 N–H and O–H groups in total. The fourth-order valence-electron chi connectivity index (χ4n) is 2.02. The molecule has 0 aliphatic rings. The van der Waals surface area contributed by atoms with Gasteiger partial charge in [-0.15, -0.1) is 0 Å². The van der Waals surface area contributed by atoms with Gasteiger partial charge in [0.2, 0.25) is 0 Å². The summed E-state index contributed by atoms with van der Waals surface area (Å²) in [5.41, 5.74) is 0.573. The molecule has 0 fully saturated rings. The highest BCUT2D eigenvalue weighted by Gasteiger charge is 2.23. The minimum atomic E-state index is -0.998. The molecule has 0 radical (unpaired) electrons. The average molecular weight is 416 g/mol. The van der Waals surface area contributed by atoms with Gasteiger partial charge in [0.15, 0.2) is 40.6 Å². The van der Waals surface area contributed by atoms with Crippen molar-refractivity contribution < 1.29 is 22.8 Å². The Morgan fingerprint density at radius 2 is 1.82 bits per heavy atom. The summed E-state index contributed by atoms with van der Waals surface area (Å²) in [6, 6.07) is 14.1. The summed E-state index contributed by atoms with van der Waals surface area (Å²) in [6.07, 6.45) is -1.78. The molecule has 0 heterocycles. The van der Waals surface area contributed by atoms with Crippen LogP contribution < -0.4 is 12.5 Å². The van der Waals surface area contributed by atoms with Crippen molar-refractivity contribution in [3.63, 3.8) is 0 Å². The van der Waals surface area contributed by atoms with Crippen LogP contribution in [0.2, 0.25) is 0 Å². The number of halogens is 1. The first-order chi connectivity index (χ1) is 10.7. The Bertz CT molecular complexity index is 590. The van der Waals surface area contributed by atoms with Gasteiger partial charge in [-0.05, 0) is 29.8 Å². The number of hydrogen-bond acceptors (Lipinski definition) is 5. The van der Waals surface area contributed by atoms with Gasteiger partial charge in [0, 0.05) is 0 Å². The van der Waals surface area contributed by atoms with Gasteiger partial charge >= 0.3 is 0 Å². The maximum Gasteiger partial charge on any atom is 0.192 e. The van der Waals surface area contributed by atoms with Crippen LogP contribution in [0.1, 0.15) is 11.7 Å². The van der Waals surface area contributed by atoms with Crippen molar-refractivity contribution in [2.24, 2.45) is 0 Å². The maximum absolute atomic E-state index is 10.4. The Morgan fingerprint density at radius 3 is 2.41 bits per heavy atom. The van der Waals surface area contributed by atoms with Crippen LogP contribution in [0.25, 0.3) is 0 Å². The molecular weight excluding hydrogens is 399 g/mol. The first kappa shape index (κ1) is 16.9. The van der Waals surface area contributed by atoms with E-state index in [1.165, 1.54) is 7.11 Å². The van der Waals surface area contributed by atoms with Crippen molar-refractivity contribution in [1.82, 2.24) is 0 Å². The Balaban J connectivity index is 2.19. The van der Waals surface area contributed by atoms with Crippen molar-refractivity contribution in [2.45, 2.75) is 12.2 Å². The smallest absolute Gasteiger partial charge is 0.192 e. The molecule has 0 aliphatic heterocycles. The van der Waals surface area contributed by atoms with Crippen molar-refractivity contribution in [3.05, 3.63) is 54.1 Å². The molecule has 0 bridgehead atoms. The van der Waals surface area contributed by atoms with E-state index < -0.39 is 12.2 Å². The Labute approximate surface area is 143 Å². The second-order valence-electron chi connectivity index (χ2n) is 4.58. The highest BCUT2D eigenvalue weighted by Crippen LogP contribution is 2.33. The summed E-state index contributed by atoms with van der Waals surface area (Å²) in [6.45, 7) is -0.317. The molecule has 0 aromatic heterocycles. The Kier molecular flexibility index (Phi) is 6.29. The van der Waals surface area contributed by atoms with Crippen LogP contribution in [0, 0.1) is 0 Å². The first-order valence-electron chi connectivity index (χ1n) is 6.66. The quantitative estimate of drug-likeness (QED) is 0.680. The number of benzene rings is 2. The van der Waals surface area contributed by atoms with E-state index in [2.05, 4.69) is 0 Å². The molecule has 5 nitrogen and oxygen atoms in total. The van der Waals surface area contributed by atoms with Gasteiger partial charge < -0.3 is 22.8 Å². The average Bonchev–Trinajstić information content (AvgIpc) is 2.59. The number of ether oxygens (including phenoxy) is 2. The molecule has 6 heteroatoms. The molecule has 2 unspecified atom stereocenters. The number of aliphatic hydroxyl groups is 2. The van der Waals surface area contributed by atoms with Crippen LogP contribution in [0.3, 0.4) is 0 Å². The number of aliphatic hydroxyl groups excluding tert-OH is 2. The van der Waals surface area contributed by atoms with E-state index in [9.17, 15) is 10.2 Å². The molecule has 0 spiro atoms. The lowest BCUT2D eigenvalue weighted by atomic mass is 10.0.